The Morgan fingerprint density at radius 1 is 1.05 bits per heavy atom. The molecule has 9 rings (SSSR count). The van der Waals surface area contributed by atoms with E-state index in [4.69, 9.17) is 4.74 Å². The molecule has 2 N–H and O–H groups in total. The Morgan fingerprint density at radius 3 is 2.57 bits per heavy atom. The van der Waals surface area contributed by atoms with Crippen LogP contribution >= 0.6 is 0 Å². The number of nitrogens with zero attached hydrogens (tertiary/aromatic N) is 9. The molecule has 0 bridgehead atoms. The molecule has 0 spiro atoms. The smallest absolute Gasteiger partial charge is 0.329 e. The van der Waals surface area contributed by atoms with Crippen molar-refractivity contribution in [3.63, 3.8) is 0 Å². The Kier molecular flexibility index (Phi) is 12.3. The Morgan fingerprint density at radius 2 is 1.83 bits per heavy atom. The van der Waals surface area contributed by atoms with Crippen LogP contribution in [-0.4, -0.2) is 128 Å². The number of nitrogens with one attached hydrogen (secondary N) is 2. The Hall–Kier alpha value is -6.05. The number of aryl methyl sites for hydroxylation is 1. The van der Waals surface area contributed by atoms with E-state index in [2.05, 4.69) is 42.6 Å². The van der Waals surface area contributed by atoms with Gasteiger partial charge in [0.2, 0.25) is 11.8 Å². The molecule has 1 aromatic carbocycles. The minimum absolute atomic E-state index is 0.00872. The van der Waals surface area contributed by atoms with Crippen LogP contribution in [0.3, 0.4) is 0 Å². The number of imide groups is 1. The maximum atomic E-state index is 15.5. The second-order valence-corrected chi connectivity index (χ2v) is 19.5. The molecule has 4 aliphatic rings. The minimum atomic E-state index is -3.12. The number of para-hydroxylation sites is 1. The van der Waals surface area contributed by atoms with Gasteiger partial charge in [-0.1, -0.05) is 17.9 Å². The Balaban J connectivity index is 0.762. The molecule has 1 aliphatic carbocycles. The first-order valence-corrected chi connectivity index (χ1v) is 23.5. The van der Waals surface area contributed by atoms with Crippen molar-refractivity contribution in [2.75, 3.05) is 61.1 Å². The van der Waals surface area contributed by atoms with Crippen molar-refractivity contribution >= 4 is 55.7 Å². The minimum Gasteiger partial charge on any atom is -0.362 e. The van der Waals surface area contributed by atoms with E-state index in [1.807, 2.05) is 4.90 Å². The molecule has 1 saturated carbocycles. The molecule has 344 valence electrons. The summed E-state index contributed by atoms with van der Waals surface area (Å²) < 4.78 is 79.5. The summed E-state index contributed by atoms with van der Waals surface area (Å²) in [6.45, 7) is 2.03. The zero-order valence-corrected chi connectivity index (χ0v) is 36.4. The molecule has 3 atom stereocenters. The summed E-state index contributed by atoms with van der Waals surface area (Å²) in [5.74, 6) is 5.17. The zero-order valence-electron chi connectivity index (χ0n) is 35.5. The number of ether oxygens (including phenoxy) is 1. The highest BCUT2D eigenvalue weighted by molar-refractivity contribution is 7.91. The quantitative estimate of drug-likeness (QED) is 0.154. The molecule has 65 heavy (non-hydrogen) atoms. The molecule has 22 heteroatoms. The van der Waals surface area contributed by atoms with Crippen LogP contribution in [0.4, 0.5) is 24.7 Å². The number of benzene rings is 1. The lowest BCUT2D eigenvalue weighted by atomic mass is 9.85. The fraction of sp³-hybridized carbons (Fsp3) is 0.512. The predicted octanol–water partition coefficient (Wildman–Crippen LogP) is 3.19. The van der Waals surface area contributed by atoms with Crippen LogP contribution < -0.4 is 21.2 Å². The number of piperidine rings is 2. The van der Waals surface area contributed by atoms with E-state index in [1.54, 1.807) is 37.5 Å². The van der Waals surface area contributed by atoms with Crippen molar-refractivity contribution < 1.29 is 40.7 Å². The average molecular weight is 920 g/mol. The number of fused-ring (bicyclic) bond motifs is 2. The van der Waals surface area contributed by atoms with Gasteiger partial charge >= 0.3 is 5.69 Å². The number of alkyl halides is 3. The van der Waals surface area contributed by atoms with Gasteiger partial charge in [0, 0.05) is 58.6 Å². The largest absolute Gasteiger partial charge is 0.362 e. The first kappa shape index (κ1) is 44.2. The molecular formula is C43H48F3N11O7S. The molecule has 3 aliphatic heterocycles. The number of halogens is 3. The third-order valence-electron chi connectivity index (χ3n) is 13.0. The highest BCUT2D eigenvalue weighted by Crippen LogP contribution is 2.36. The fourth-order valence-electron chi connectivity index (χ4n) is 9.48. The first-order valence-electron chi connectivity index (χ1n) is 21.7. The number of sulfone groups is 1. The summed E-state index contributed by atoms with van der Waals surface area (Å²) in [4.78, 5) is 59.5. The number of amides is 3. The normalized spacial score (nSPS) is 24.0. The van der Waals surface area contributed by atoms with Crippen LogP contribution in [0.25, 0.3) is 16.7 Å². The number of carbonyl (C=O) groups excluding carboxylic acids is 3. The van der Waals surface area contributed by atoms with Crippen molar-refractivity contribution in [1.29, 1.82) is 0 Å². The molecule has 4 fully saturated rings. The third-order valence-corrected chi connectivity index (χ3v) is 14.6. The van der Waals surface area contributed by atoms with E-state index in [-0.39, 0.29) is 85.4 Å². The summed E-state index contributed by atoms with van der Waals surface area (Å²) in [7, 11) is -1.52. The van der Waals surface area contributed by atoms with E-state index in [0.717, 1.165) is 12.8 Å². The van der Waals surface area contributed by atoms with Crippen molar-refractivity contribution in [2.24, 2.45) is 13.0 Å². The van der Waals surface area contributed by atoms with Crippen LogP contribution in [0.2, 0.25) is 0 Å². The number of aromatic nitrogens is 7. The molecular weight excluding hydrogens is 872 g/mol. The molecule has 1 unspecified atom stereocenters. The van der Waals surface area contributed by atoms with Gasteiger partial charge in [-0.25, -0.2) is 35.9 Å². The molecule has 4 aromatic heterocycles. The van der Waals surface area contributed by atoms with Gasteiger partial charge in [-0.2, -0.15) is 10.2 Å². The van der Waals surface area contributed by atoms with Crippen molar-refractivity contribution in [3.8, 4) is 11.8 Å². The summed E-state index contributed by atoms with van der Waals surface area (Å²) in [6, 6.07) is 5.93. The zero-order chi connectivity index (χ0) is 45.6. The molecule has 0 radical (unpaired) electrons. The molecule has 7 heterocycles. The number of hydrogen-bond donors (Lipinski definition) is 2. The maximum absolute atomic E-state index is 15.5. The summed E-state index contributed by atoms with van der Waals surface area (Å²) in [5, 5.41) is 13.3. The highest BCUT2D eigenvalue weighted by Gasteiger charge is 2.34. The lowest BCUT2D eigenvalue weighted by molar-refractivity contribution is -0.135. The van der Waals surface area contributed by atoms with Gasteiger partial charge in [-0.15, -0.1) is 0 Å². The number of imidazole rings is 1. The Bertz CT molecular complexity index is 2880. The predicted molar refractivity (Wildman–Crippen MR) is 231 cm³/mol. The van der Waals surface area contributed by atoms with E-state index in [9.17, 15) is 36.4 Å². The SMILES string of the molecule is Cn1c(=O)n(C2CCC(=O)NC2=O)c2cccc(C#CCO[C@H]3CCN(C[C@H]4CC[C@H](n5cc(NC(=O)c6cnn7ccc(N8CCS(=O)(=O)CC8)nc67)c(C(F)F)n5)CC4)C[C@@H]3F)c21. The monoisotopic (exact) mass is 919 g/mol. The van der Waals surface area contributed by atoms with Crippen LogP contribution in [0.1, 0.15) is 85.1 Å². The van der Waals surface area contributed by atoms with Gasteiger partial charge in [-0.3, -0.25) is 38.4 Å². The second-order valence-electron chi connectivity index (χ2n) is 17.2. The number of likely N-dealkylation sites (tertiary alicyclic amines) is 1. The summed E-state index contributed by atoms with van der Waals surface area (Å²) in [5.41, 5.74) is 0.826. The Labute approximate surface area is 371 Å². The number of rotatable bonds is 10. The van der Waals surface area contributed by atoms with Crippen molar-refractivity contribution in [1.82, 2.24) is 43.7 Å². The van der Waals surface area contributed by atoms with E-state index >= 15 is 4.39 Å². The van der Waals surface area contributed by atoms with Gasteiger partial charge < -0.3 is 15.0 Å². The van der Waals surface area contributed by atoms with Crippen LogP contribution in [0, 0.1) is 17.8 Å². The van der Waals surface area contributed by atoms with Crippen molar-refractivity contribution in [3.05, 3.63) is 70.2 Å². The molecule has 3 amide bonds. The van der Waals surface area contributed by atoms with Gasteiger partial charge in [0.25, 0.3) is 12.3 Å². The van der Waals surface area contributed by atoms with Crippen LogP contribution in [0.5, 0.6) is 0 Å². The van der Waals surface area contributed by atoms with Gasteiger partial charge in [0.1, 0.15) is 30.2 Å². The van der Waals surface area contributed by atoms with E-state index < -0.39 is 57.8 Å². The standard InChI is InChI=1S/C43H48F3N11O7S/c1-52-38-27(4-2-6-32(38)57(43(52)61)33-11-12-36(58)50-42(33)60)5-3-19-64-34-13-15-53(24-30(34)44)23-26-7-9-28(10-8-26)56-25-31(37(51-56)39(45)46)48-41(59)29-22-47-55-16-14-35(49-40(29)55)54-17-20-65(62,63)21-18-54/h2,4,6,14,16,22,25-26,28,30,33-34,39H,7-13,15,17-21,23-24H2,1H3,(H,48,59)(H,50,58,60)/t26-,28-,30-,33?,34-/m0/s1. The topological polar surface area (TPSA) is 200 Å². The second kappa shape index (κ2) is 18.1. The summed E-state index contributed by atoms with van der Waals surface area (Å²) in [6.07, 6.45) is 3.28. The first-order chi connectivity index (χ1) is 31.2. The highest BCUT2D eigenvalue weighted by atomic mass is 32.2. The van der Waals surface area contributed by atoms with Gasteiger partial charge in [-0.05, 0) is 62.6 Å². The number of carbonyl (C=O) groups is 3. The van der Waals surface area contributed by atoms with E-state index in [0.29, 0.717) is 54.8 Å². The summed E-state index contributed by atoms with van der Waals surface area (Å²) >= 11 is 0. The third kappa shape index (κ3) is 9.13. The number of hydrogen-bond acceptors (Lipinski definition) is 12. The lowest BCUT2D eigenvalue weighted by Crippen LogP contribution is -2.47. The van der Waals surface area contributed by atoms with Crippen molar-refractivity contribution in [2.45, 2.75) is 75.7 Å². The average Bonchev–Trinajstić information content (AvgIpc) is 3.97. The van der Waals surface area contributed by atoms with Crippen LogP contribution in [-0.2, 0) is 31.2 Å². The maximum Gasteiger partial charge on any atom is 0.329 e. The molecule has 18 nitrogen and oxygen atoms in total. The van der Waals surface area contributed by atoms with E-state index in [1.165, 1.54) is 30.7 Å². The molecule has 5 aromatic rings. The molecule has 3 saturated heterocycles. The van der Waals surface area contributed by atoms with Gasteiger partial charge in [0.05, 0.1) is 52.1 Å². The fourth-order valence-corrected chi connectivity index (χ4v) is 10.7. The van der Waals surface area contributed by atoms with Gasteiger partial charge in [0.15, 0.2) is 21.2 Å². The van der Waals surface area contributed by atoms with Crippen LogP contribution in [0.15, 0.2) is 47.7 Å². The lowest BCUT2D eigenvalue weighted by Gasteiger charge is -2.38. The number of anilines is 2.